The minimum atomic E-state index is -3.49. The van der Waals surface area contributed by atoms with Gasteiger partial charge in [0, 0.05) is 23.8 Å². The largest absolute Gasteiger partial charge is 0.326 e. The SMILES string of the molecule is Cc1cc(C)cc(NC(=O)[C@H]2CCCN(S(=O)(=O)Cc3ccc(Cl)cc3)C2)c1. The van der Waals surface area contributed by atoms with E-state index in [0.29, 0.717) is 30.0 Å². The number of benzene rings is 2. The van der Waals surface area contributed by atoms with Gasteiger partial charge >= 0.3 is 0 Å². The van der Waals surface area contributed by atoms with Gasteiger partial charge in [-0.05, 0) is 67.6 Å². The Labute approximate surface area is 171 Å². The highest BCUT2D eigenvalue weighted by atomic mass is 35.5. The molecule has 0 aliphatic carbocycles. The standard InChI is InChI=1S/C21H25ClN2O3S/c1-15-10-16(2)12-20(11-15)23-21(25)18-4-3-9-24(13-18)28(26,27)14-17-5-7-19(22)8-6-17/h5-8,10-12,18H,3-4,9,13-14H2,1-2H3,(H,23,25)/t18-/m0/s1. The maximum Gasteiger partial charge on any atom is 0.228 e. The molecule has 150 valence electrons. The molecule has 0 aromatic heterocycles. The average Bonchev–Trinajstić information content (AvgIpc) is 2.63. The van der Waals surface area contributed by atoms with Crippen molar-refractivity contribution in [3.8, 4) is 0 Å². The Balaban J connectivity index is 1.67. The number of carbonyl (C=O) groups excluding carboxylic acids is 1. The molecule has 28 heavy (non-hydrogen) atoms. The Morgan fingerprint density at radius 2 is 1.79 bits per heavy atom. The number of hydrogen-bond donors (Lipinski definition) is 1. The monoisotopic (exact) mass is 420 g/mol. The van der Waals surface area contributed by atoms with Gasteiger partial charge in [-0.1, -0.05) is 29.8 Å². The van der Waals surface area contributed by atoms with Crippen molar-refractivity contribution < 1.29 is 13.2 Å². The minimum Gasteiger partial charge on any atom is -0.326 e. The summed E-state index contributed by atoms with van der Waals surface area (Å²) in [6.07, 6.45) is 1.36. The number of sulfonamides is 1. The molecule has 2 aromatic carbocycles. The van der Waals surface area contributed by atoms with Crippen LogP contribution in [-0.2, 0) is 20.6 Å². The predicted molar refractivity (Wildman–Crippen MR) is 113 cm³/mol. The molecule has 1 aliphatic heterocycles. The highest BCUT2D eigenvalue weighted by Crippen LogP contribution is 2.24. The summed E-state index contributed by atoms with van der Waals surface area (Å²) in [6.45, 7) is 4.62. The first kappa shape index (κ1) is 20.8. The van der Waals surface area contributed by atoms with E-state index in [-0.39, 0.29) is 24.1 Å². The number of rotatable bonds is 5. The van der Waals surface area contributed by atoms with Gasteiger partial charge in [0.2, 0.25) is 15.9 Å². The predicted octanol–water partition coefficient (Wildman–Crippen LogP) is 4.14. The van der Waals surface area contributed by atoms with Crippen molar-refractivity contribution in [1.82, 2.24) is 4.31 Å². The van der Waals surface area contributed by atoms with Crippen LogP contribution in [0.4, 0.5) is 5.69 Å². The summed E-state index contributed by atoms with van der Waals surface area (Å²) >= 11 is 5.87. The summed E-state index contributed by atoms with van der Waals surface area (Å²) in [5.74, 6) is -0.568. The quantitative estimate of drug-likeness (QED) is 0.790. The van der Waals surface area contributed by atoms with Gasteiger partial charge < -0.3 is 5.32 Å². The normalized spacial score (nSPS) is 18.0. The van der Waals surface area contributed by atoms with E-state index in [1.165, 1.54) is 4.31 Å². The Morgan fingerprint density at radius 1 is 1.14 bits per heavy atom. The molecule has 0 saturated carbocycles. The number of carbonyl (C=O) groups is 1. The van der Waals surface area contributed by atoms with Crippen LogP contribution >= 0.6 is 11.6 Å². The van der Waals surface area contributed by atoms with Gasteiger partial charge in [0.15, 0.2) is 0 Å². The first-order valence-electron chi connectivity index (χ1n) is 9.34. The molecule has 5 nitrogen and oxygen atoms in total. The van der Waals surface area contributed by atoms with Gasteiger partial charge in [0.1, 0.15) is 0 Å². The summed E-state index contributed by atoms with van der Waals surface area (Å²) in [5.41, 5.74) is 3.59. The van der Waals surface area contributed by atoms with E-state index in [9.17, 15) is 13.2 Å². The molecule has 1 heterocycles. The second-order valence-electron chi connectivity index (χ2n) is 7.45. The molecule has 1 aliphatic rings. The third-order valence-corrected chi connectivity index (χ3v) is 6.97. The fourth-order valence-electron chi connectivity index (χ4n) is 3.58. The number of nitrogens with zero attached hydrogens (tertiary/aromatic N) is 1. The molecule has 1 fully saturated rings. The van der Waals surface area contributed by atoms with E-state index >= 15 is 0 Å². The Hall–Kier alpha value is -1.89. The Kier molecular flexibility index (Phi) is 6.43. The molecule has 1 saturated heterocycles. The number of hydrogen-bond acceptors (Lipinski definition) is 3. The molecule has 1 N–H and O–H groups in total. The lowest BCUT2D eigenvalue weighted by atomic mass is 9.98. The van der Waals surface area contributed by atoms with Gasteiger partial charge in [0.05, 0.1) is 11.7 Å². The zero-order valence-corrected chi connectivity index (χ0v) is 17.7. The van der Waals surface area contributed by atoms with Crippen LogP contribution in [0.25, 0.3) is 0 Å². The van der Waals surface area contributed by atoms with Crippen LogP contribution in [0.1, 0.15) is 29.5 Å². The van der Waals surface area contributed by atoms with Crippen molar-refractivity contribution in [3.05, 3.63) is 64.2 Å². The van der Waals surface area contributed by atoms with Crippen molar-refractivity contribution in [2.24, 2.45) is 5.92 Å². The second kappa shape index (κ2) is 8.64. The maximum atomic E-state index is 12.8. The summed E-state index contributed by atoms with van der Waals surface area (Å²) in [5, 5.41) is 3.52. The van der Waals surface area contributed by atoms with Gasteiger partial charge in [-0.2, -0.15) is 0 Å². The highest BCUT2D eigenvalue weighted by molar-refractivity contribution is 7.88. The molecule has 1 atom stereocenters. The lowest BCUT2D eigenvalue weighted by molar-refractivity contribution is -0.120. The van der Waals surface area contributed by atoms with Crippen molar-refractivity contribution in [2.75, 3.05) is 18.4 Å². The van der Waals surface area contributed by atoms with Crippen LogP contribution in [0, 0.1) is 19.8 Å². The first-order valence-corrected chi connectivity index (χ1v) is 11.3. The number of aryl methyl sites for hydroxylation is 2. The zero-order chi connectivity index (χ0) is 20.3. The minimum absolute atomic E-state index is 0.0877. The van der Waals surface area contributed by atoms with Crippen LogP contribution in [0.15, 0.2) is 42.5 Å². The lowest BCUT2D eigenvalue weighted by Crippen LogP contribution is -2.44. The number of amides is 1. The van der Waals surface area contributed by atoms with Crippen molar-refractivity contribution >= 4 is 33.2 Å². The topological polar surface area (TPSA) is 66.5 Å². The summed E-state index contributed by atoms with van der Waals surface area (Å²) < 4.78 is 27.1. The van der Waals surface area contributed by atoms with Gasteiger partial charge in [-0.3, -0.25) is 4.79 Å². The molecule has 3 rings (SSSR count). The van der Waals surface area contributed by atoms with E-state index in [0.717, 1.165) is 16.8 Å². The molecular formula is C21H25ClN2O3S. The molecule has 7 heteroatoms. The van der Waals surface area contributed by atoms with E-state index in [4.69, 9.17) is 11.6 Å². The third kappa shape index (κ3) is 5.34. The highest BCUT2D eigenvalue weighted by Gasteiger charge is 2.32. The van der Waals surface area contributed by atoms with Crippen LogP contribution < -0.4 is 5.32 Å². The molecule has 0 spiro atoms. The molecule has 0 radical (unpaired) electrons. The van der Waals surface area contributed by atoms with E-state index < -0.39 is 10.0 Å². The number of anilines is 1. The summed E-state index contributed by atoms with van der Waals surface area (Å²) in [6, 6.07) is 12.7. The van der Waals surface area contributed by atoms with Crippen molar-refractivity contribution in [1.29, 1.82) is 0 Å². The molecule has 1 amide bonds. The zero-order valence-electron chi connectivity index (χ0n) is 16.1. The van der Waals surface area contributed by atoms with Gasteiger partial charge in [-0.25, -0.2) is 12.7 Å². The van der Waals surface area contributed by atoms with Crippen molar-refractivity contribution in [3.63, 3.8) is 0 Å². The summed E-state index contributed by atoms with van der Waals surface area (Å²) in [4.78, 5) is 12.7. The molecule has 2 aromatic rings. The lowest BCUT2D eigenvalue weighted by Gasteiger charge is -2.31. The Morgan fingerprint density at radius 3 is 2.43 bits per heavy atom. The number of piperidine rings is 1. The number of nitrogens with one attached hydrogen (secondary N) is 1. The van der Waals surface area contributed by atoms with E-state index in [1.54, 1.807) is 24.3 Å². The van der Waals surface area contributed by atoms with Crippen LogP contribution in [0.5, 0.6) is 0 Å². The van der Waals surface area contributed by atoms with Crippen molar-refractivity contribution in [2.45, 2.75) is 32.4 Å². The smallest absolute Gasteiger partial charge is 0.228 e. The van der Waals surface area contributed by atoms with Crippen LogP contribution in [0.3, 0.4) is 0 Å². The third-order valence-electron chi connectivity index (χ3n) is 4.90. The fourth-order valence-corrected chi connectivity index (χ4v) is 5.32. The Bertz CT molecular complexity index is 938. The van der Waals surface area contributed by atoms with Crippen LogP contribution in [0.2, 0.25) is 5.02 Å². The van der Waals surface area contributed by atoms with Gasteiger partial charge in [-0.15, -0.1) is 0 Å². The maximum absolute atomic E-state index is 12.8. The van der Waals surface area contributed by atoms with Gasteiger partial charge in [0.25, 0.3) is 0 Å². The molecule has 0 bridgehead atoms. The summed E-state index contributed by atoms with van der Waals surface area (Å²) in [7, 11) is -3.49. The molecule has 0 unspecified atom stereocenters. The second-order valence-corrected chi connectivity index (χ2v) is 9.85. The average molecular weight is 421 g/mol. The molecular weight excluding hydrogens is 396 g/mol. The van der Waals surface area contributed by atoms with E-state index in [2.05, 4.69) is 5.32 Å². The number of halogens is 1. The fraction of sp³-hybridized carbons (Fsp3) is 0.381. The first-order chi connectivity index (χ1) is 13.2. The van der Waals surface area contributed by atoms with E-state index in [1.807, 2.05) is 32.0 Å². The van der Waals surface area contributed by atoms with Crippen LogP contribution in [-0.4, -0.2) is 31.7 Å².